The summed E-state index contributed by atoms with van der Waals surface area (Å²) in [6.45, 7) is 1.47. The van der Waals surface area contributed by atoms with Crippen LogP contribution in [0.15, 0.2) is 59.5 Å². The van der Waals surface area contributed by atoms with E-state index < -0.39 is 0 Å². The predicted molar refractivity (Wildman–Crippen MR) is 111 cm³/mol. The Morgan fingerprint density at radius 1 is 1.17 bits per heavy atom. The van der Waals surface area contributed by atoms with Crippen LogP contribution < -0.4 is 10.9 Å². The van der Waals surface area contributed by atoms with Crippen LogP contribution in [0.4, 0.5) is 5.95 Å². The molecule has 148 valence electrons. The predicted octanol–water partition coefficient (Wildman–Crippen LogP) is 2.95. The van der Waals surface area contributed by atoms with Crippen molar-refractivity contribution in [3.63, 3.8) is 0 Å². The molecule has 0 saturated carbocycles. The molecule has 2 aromatic heterocycles. The van der Waals surface area contributed by atoms with Crippen molar-refractivity contribution in [2.24, 2.45) is 0 Å². The number of carbonyl (C=O) groups excluding carboxylic acids is 1. The Bertz CT molecular complexity index is 1050. The van der Waals surface area contributed by atoms with Crippen molar-refractivity contribution in [2.45, 2.75) is 25.4 Å². The van der Waals surface area contributed by atoms with Gasteiger partial charge in [-0.3, -0.25) is 19.6 Å². The van der Waals surface area contributed by atoms with Gasteiger partial charge in [0.05, 0.1) is 17.9 Å². The number of aromatic amines is 1. The van der Waals surface area contributed by atoms with Crippen molar-refractivity contribution in [3.05, 3.63) is 87.1 Å². The first-order valence-electron chi connectivity index (χ1n) is 9.34. The van der Waals surface area contributed by atoms with Gasteiger partial charge in [0, 0.05) is 42.7 Å². The van der Waals surface area contributed by atoms with Crippen molar-refractivity contribution in [1.82, 2.24) is 19.9 Å². The maximum absolute atomic E-state index is 12.4. The average molecular weight is 410 g/mol. The molecule has 1 aliphatic rings. The van der Waals surface area contributed by atoms with E-state index in [0.29, 0.717) is 42.7 Å². The number of hydrogen-bond donors (Lipinski definition) is 2. The standard InChI is InChI=1S/C21H20ClN5O2/c22-16-6-4-14(5-7-16)11-24-21-25-18(10-19(28)26-21)15-9-20(29)27(12-15)13-17-3-1-2-8-23-17/h1-8,10,15H,9,11-13H2,(H2,24,25,26,28)/t15-/m1/s1. The first-order valence-corrected chi connectivity index (χ1v) is 9.72. The second kappa shape index (κ2) is 8.45. The fraction of sp³-hybridized carbons (Fsp3) is 0.238. The van der Waals surface area contributed by atoms with Crippen LogP contribution >= 0.6 is 11.6 Å². The van der Waals surface area contributed by atoms with Crippen LogP contribution in [0.2, 0.25) is 5.02 Å². The van der Waals surface area contributed by atoms with E-state index in [2.05, 4.69) is 20.3 Å². The molecule has 1 fully saturated rings. The number of amides is 1. The van der Waals surface area contributed by atoms with Crippen LogP contribution in [0.5, 0.6) is 0 Å². The normalized spacial score (nSPS) is 16.2. The van der Waals surface area contributed by atoms with E-state index in [0.717, 1.165) is 11.3 Å². The number of aromatic nitrogens is 3. The number of likely N-dealkylation sites (tertiary alicyclic amines) is 1. The number of pyridine rings is 1. The number of nitrogens with one attached hydrogen (secondary N) is 2. The molecule has 3 aromatic rings. The smallest absolute Gasteiger partial charge is 0.252 e. The Balaban J connectivity index is 1.45. The highest BCUT2D eigenvalue weighted by Crippen LogP contribution is 2.27. The second-order valence-electron chi connectivity index (χ2n) is 7.00. The number of anilines is 1. The van der Waals surface area contributed by atoms with Crippen LogP contribution in [-0.2, 0) is 17.9 Å². The highest BCUT2D eigenvalue weighted by atomic mass is 35.5. The number of hydrogen-bond acceptors (Lipinski definition) is 5. The van der Waals surface area contributed by atoms with Gasteiger partial charge in [0.25, 0.3) is 5.56 Å². The first kappa shape index (κ1) is 19.1. The maximum atomic E-state index is 12.4. The van der Waals surface area contributed by atoms with E-state index >= 15 is 0 Å². The first-order chi connectivity index (χ1) is 14.1. The minimum Gasteiger partial charge on any atom is -0.352 e. The summed E-state index contributed by atoms with van der Waals surface area (Å²) in [6.07, 6.45) is 2.05. The van der Waals surface area contributed by atoms with E-state index in [9.17, 15) is 9.59 Å². The Morgan fingerprint density at radius 2 is 2.00 bits per heavy atom. The van der Waals surface area contributed by atoms with Crippen molar-refractivity contribution in [3.8, 4) is 0 Å². The zero-order chi connectivity index (χ0) is 20.2. The molecule has 0 spiro atoms. The summed E-state index contributed by atoms with van der Waals surface area (Å²) in [5.41, 5.74) is 2.22. The molecule has 0 radical (unpaired) electrons. The molecule has 1 aliphatic heterocycles. The second-order valence-corrected chi connectivity index (χ2v) is 7.43. The van der Waals surface area contributed by atoms with Crippen molar-refractivity contribution in [1.29, 1.82) is 0 Å². The molecule has 1 atom stereocenters. The average Bonchev–Trinajstić information content (AvgIpc) is 3.08. The monoisotopic (exact) mass is 409 g/mol. The molecule has 0 aliphatic carbocycles. The number of rotatable bonds is 6. The number of benzene rings is 1. The van der Waals surface area contributed by atoms with Gasteiger partial charge in [-0.2, -0.15) is 0 Å². The lowest BCUT2D eigenvalue weighted by Gasteiger charge is -2.16. The Kier molecular flexibility index (Phi) is 5.57. The third-order valence-electron chi connectivity index (χ3n) is 4.85. The van der Waals surface area contributed by atoms with Gasteiger partial charge in [-0.25, -0.2) is 4.98 Å². The fourth-order valence-electron chi connectivity index (χ4n) is 3.37. The van der Waals surface area contributed by atoms with Gasteiger partial charge in [-0.05, 0) is 29.8 Å². The molecular formula is C21H20ClN5O2. The molecule has 0 unspecified atom stereocenters. The molecule has 1 aromatic carbocycles. The van der Waals surface area contributed by atoms with Gasteiger partial charge in [0.1, 0.15) is 0 Å². The van der Waals surface area contributed by atoms with E-state index in [1.807, 2.05) is 42.5 Å². The lowest BCUT2D eigenvalue weighted by atomic mass is 10.0. The van der Waals surface area contributed by atoms with E-state index in [1.165, 1.54) is 6.07 Å². The number of H-pyrrole nitrogens is 1. The zero-order valence-corrected chi connectivity index (χ0v) is 16.4. The quantitative estimate of drug-likeness (QED) is 0.653. The summed E-state index contributed by atoms with van der Waals surface area (Å²) in [7, 11) is 0. The lowest BCUT2D eigenvalue weighted by Crippen LogP contribution is -2.25. The molecule has 4 rings (SSSR count). The molecular weight excluding hydrogens is 390 g/mol. The molecule has 7 nitrogen and oxygen atoms in total. The zero-order valence-electron chi connectivity index (χ0n) is 15.6. The van der Waals surface area contributed by atoms with Crippen molar-refractivity contribution >= 4 is 23.5 Å². The molecule has 1 amide bonds. The van der Waals surface area contributed by atoms with Gasteiger partial charge in [0.2, 0.25) is 11.9 Å². The molecule has 8 heteroatoms. The number of carbonyl (C=O) groups is 1. The van der Waals surface area contributed by atoms with Crippen molar-refractivity contribution in [2.75, 3.05) is 11.9 Å². The number of nitrogens with zero attached hydrogens (tertiary/aromatic N) is 3. The van der Waals surface area contributed by atoms with E-state index in [1.54, 1.807) is 11.1 Å². The summed E-state index contributed by atoms with van der Waals surface area (Å²) < 4.78 is 0. The Labute approximate surface area is 172 Å². The van der Waals surface area contributed by atoms with E-state index in [4.69, 9.17) is 11.6 Å². The lowest BCUT2D eigenvalue weighted by molar-refractivity contribution is -0.128. The molecule has 2 N–H and O–H groups in total. The summed E-state index contributed by atoms with van der Waals surface area (Å²) in [5.74, 6) is 0.307. The largest absolute Gasteiger partial charge is 0.352 e. The van der Waals surface area contributed by atoms with E-state index in [-0.39, 0.29) is 17.4 Å². The Hall–Kier alpha value is -3.19. The third-order valence-corrected chi connectivity index (χ3v) is 5.10. The maximum Gasteiger partial charge on any atom is 0.252 e. The fourth-order valence-corrected chi connectivity index (χ4v) is 3.49. The SMILES string of the molecule is O=C1C[C@@H](c2cc(=O)[nH]c(NCc3ccc(Cl)cc3)n2)CN1Cc1ccccn1. The summed E-state index contributed by atoms with van der Waals surface area (Å²) in [6, 6.07) is 14.5. The molecule has 1 saturated heterocycles. The van der Waals surface area contributed by atoms with Gasteiger partial charge in [-0.1, -0.05) is 29.8 Å². The molecule has 3 heterocycles. The van der Waals surface area contributed by atoms with Gasteiger partial charge < -0.3 is 10.2 Å². The highest BCUT2D eigenvalue weighted by molar-refractivity contribution is 6.30. The minimum absolute atomic E-state index is 0.0402. The molecule has 0 bridgehead atoms. The number of halogens is 1. The van der Waals surface area contributed by atoms with Crippen LogP contribution in [0, 0.1) is 0 Å². The van der Waals surface area contributed by atoms with Gasteiger partial charge in [-0.15, -0.1) is 0 Å². The third kappa shape index (κ3) is 4.81. The topological polar surface area (TPSA) is 91.0 Å². The summed E-state index contributed by atoms with van der Waals surface area (Å²) >= 11 is 5.90. The van der Waals surface area contributed by atoms with Crippen LogP contribution in [0.1, 0.15) is 29.3 Å². The van der Waals surface area contributed by atoms with Gasteiger partial charge in [0.15, 0.2) is 0 Å². The minimum atomic E-state index is -0.246. The van der Waals surface area contributed by atoms with Crippen LogP contribution in [-0.4, -0.2) is 32.3 Å². The van der Waals surface area contributed by atoms with Crippen LogP contribution in [0.3, 0.4) is 0 Å². The highest BCUT2D eigenvalue weighted by Gasteiger charge is 2.32. The summed E-state index contributed by atoms with van der Waals surface area (Å²) in [4.78, 5) is 37.8. The summed E-state index contributed by atoms with van der Waals surface area (Å²) in [5, 5.41) is 3.80. The van der Waals surface area contributed by atoms with Crippen LogP contribution in [0.25, 0.3) is 0 Å². The molecule has 29 heavy (non-hydrogen) atoms. The van der Waals surface area contributed by atoms with Crippen molar-refractivity contribution < 1.29 is 4.79 Å². The van der Waals surface area contributed by atoms with Gasteiger partial charge >= 0.3 is 0 Å². The Morgan fingerprint density at radius 3 is 2.76 bits per heavy atom.